The number of ether oxygens (including phenoxy) is 2. The van der Waals surface area contributed by atoms with Crippen LogP contribution in [-0.2, 0) is 9.53 Å². The van der Waals surface area contributed by atoms with Crippen molar-refractivity contribution in [2.45, 2.75) is 13.0 Å². The third kappa shape index (κ3) is 2.53. The van der Waals surface area contributed by atoms with Crippen LogP contribution in [0.5, 0.6) is 5.75 Å². The molecule has 1 aromatic carbocycles. The van der Waals surface area contributed by atoms with E-state index in [0.29, 0.717) is 23.5 Å². The molecule has 0 spiro atoms. The molecule has 3 rings (SSSR count). The number of furan rings is 1. The summed E-state index contributed by atoms with van der Waals surface area (Å²) in [6.07, 6.45) is 0. The number of methoxy groups -OCH3 is 1. The zero-order chi connectivity index (χ0) is 16.6. The number of morpholine rings is 1. The molecule has 0 saturated carbocycles. The molecule has 23 heavy (non-hydrogen) atoms. The Hall–Kier alpha value is -2.54. The van der Waals surface area contributed by atoms with Gasteiger partial charge in [-0.15, -0.1) is 0 Å². The molecule has 1 saturated heterocycles. The van der Waals surface area contributed by atoms with Crippen LogP contribution in [0.15, 0.2) is 22.6 Å². The maximum atomic E-state index is 12.8. The number of aryl methyl sites for hydroxylation is 1. The lowest BCUT2D eigenvalue weighted by atomic mass is 10.1. The third-order valence-corrected chi connectivity index (χ3v) is 4.02. The van der Waals surface area contributed by atoms with E-state index in [0.717, 1.165) is 5.39 Å². The van der Waals surface area contributed by atoms with E-state index in [1.54, 1.807) is 13.0 Å². The average Bonchev–Trinajstić information content (AvgIpc) is 2.91. The molecule has 2 aromatic rings. The van der Waals surface area contributed by atoms with Crippen LogP contribution in [0.25, 0.3) is 11.0 Å². The lowest BCUT2D eigenvalue weighted by Gasteiger charge is -2.32. The second-order valence-electron chi connectivity index (χ2n) is 5.32. The highest BCUT2D eigenvalue weighted by Gasteiger charge is 2.35. The van der Waals surface area contributed by atoms with E-state index >= 15 is 0 Å². The maximum absolute atomic E-state index is 12.8. The summed E-state index contributed by atoms with van der Waals surface area (Å²) >= 11 is 0. The van der Waals surface area contributed by atoms with Gasteiger partial charge in [0.05, 0.1) is 20.3 Å². The van der Waals surface area contributed by atoms with Crippen LogP contribution in [0.1, 0.15) is 16.1 Å². The molecule has 1 aliphatic rings. The zero-order valence-electron chi connectivity index (χ0n) is 12.9. The number of carbonyl (C=O) groups is 2. The fourth-order valence-electron chi connectivity index (χ4n) is 2.76. The highest BCUT2D eigenvalue weighted by atomic mass is 16.5. The predicted octanol–water partition coefficient (Wildman–Crippen LogP) is 1.68. The van der Waals surface area contributed by atoms with Gasteiger partial charge in [-0.1, -0.05) is 12.1 Å². The summed E-state index contributed by atoms with van der Waals surface area (Å²) in [6, 6.07) is 4.38. The number of amides is 1. The Morgan fingerprint density at radius 3 is 2.87 bits per heavy atom. The number of hydrogen-bond donors (Lipinski definition) is 1. The number of benzene rings is 1. The van der Waals surface area contributed by atoms with Gasteiger partial charge in [-0.3, -0.25) is 4.79 Å². The van der Waals surface area contributed by atoms with Gasteiger partial charge in [0.1, 0.15) is 0 Å². The van der Waals surface area contributed by atoms with Crippen molar-refractivity contribution in [3.63, 3.8) is 0 Å². The Kier molecular flexibility index (Phi) is 3.96. The highest BCUT2D eigenvalue weighted by Crippen LogP contribution is 2.33. The van der Waals surface area contributed by atoms with Gasteiger partial charge in [-0.25, -0.2) is 4.79 Å². The van der Waals surface area contributed by atoms with E-state index < -0.39 is 17.9 Å². The SMILES string of the molecule is COc1cccc2c(C)c(C(=O)N3CCOC[C@H]3C(=O)O)oc12. The van der Waals surface area contributed by atoms with Crippen molar-refractivity contribution >= 4 is 22.8 Å². The number of carbonyl (C=O) groups excluding carboxylic acids is 1. The highest BCUT2D eigenvalue weighted by molar-refractivity contribution is 6.01. The molecule has 0 unspecified atom stereocenters. The Balaban J connectivity index is 2.03. The molecule has 1 atom stereocenters. The summed E-state index contributed by atoms with van der Waals surface area (Å²) in [4.78, 5) is 25.4. The van der Waals surface area contributed by atoms with E-state index in [2.05, 4.69) is 0 Å². The molecule has 1 aliphatic heterocycles. The fourth-order valence-corrected chi connectivity index (χ4v) is 2.76. The number of fused-ring (bicyclic) bond motifs is 1. The largest absolute Gasteiger partial charge is 0.493 e. The van der Waals surface area contributed by atoms with Crippen LogP contribution in [-0.4, -0.2) is 54.8 Å². The second kappa shape index (κ2) is 5.92. The van der Waals surface area contributed by atoms with Gasteiger partial charge >= 0.3 is 5.97 Å². The van der Waals surface area contributed by atoms with Gasteiger partial charge in [-0.05, 0) is 13.0 Å². The van der Waals surface area contributed by atoms with Crippen LogP contribution in [0.2, 0.25) is 0 Å². The number of carboxylic acids is 1. The van der Waals surface area contributed by atoms with Gasteiger partial charge in [0, 0.05) is 17.5 Å². The van der Waals surface area contributed by atoms with Crippen molar-refractivity contribution in [3.05, 3.63) is 29.5 Å². The van der Waals surface area contributed by atoms with Gasteiger partial charge in [0.2, 0.25) is 0 Å². The Morgan fingerprint density at radius 2 is 2.17 bits per heavy atom. The standard InChI is InChI=1S/C16H17NO6/c1-9-10-4-3-5-12(21-2)14(10)23-13(9)15(18)17-6-7-22-8-11(17)16(19)20/h3-5,11H,6-8H2,1-2H3,(H,19,20)/t11-/m0/s1. The molecule has 1 aromatic heterocycles. The minimum Gasteiger partial charge on any atom is -0.493 e. The van der Waals surface area contributed by atoms with Gasteiger partial charge in [0.25, 0.3) is 5.91 Å². The molecule has 1 amide bonds. The summed E-state index contributed by atoms with van der Waals surface area (Å²) in [5.41, 5.74) is 1.15. The zero-order valence-corrected chi connectivity index (χ0v) is 12.9. The van der Waals surface area contributed by atoms with Gasteiger partial charge in [0.15, 0.2) is 23.1 Å². The van der Waals surface area contributed by atoms with E-state index in [1.807, 2.05) is 12.1 Å². The predicted molar refractivity (Wildman–Crippen MR) is 80.8 cm³/mol. The van der Waals surface area contributed by atoms with Crippen LogP contribution >= 0.6 is 0 Å². The number of carboxylic acid groups (broad SMARTS) is 1. The third-order valence-electron chi connectivity index (χ3n) is 4.02. The molecule has 7 heteroatoms. The van der Waals surface area contributed by atoms with Crippen LogP contribution < -0.4 is 4.74 Å². The first-order valence-electron chi connectivity index (χ1n) is 7.22. The number of nitrogens with zero attached hydrogens (tertiary/aromatic N) is 1. The van der Waals surface area contributed by atoms with E-state index in [-0.39, 0.29) is 18.9 Å². The number of para-hydroxylation sites is 1. The van der Waals surface area contributed by atoms with Crippen molar-refractivity contribution in [1.82, 2.24) is 4.90 Å². The minimum absolute atomic E-state index is 0.0241. The molecule has 122 valence electrons. The Bertz CT molecular complexity index is 765. The number of hydrogen-bond acceptors (Lipinski definition) is 5. The first kappa shape index (κ1) is 15.4. The minimum atomic E-state index is -1.09. The topological polar surface area (TPSA) is 89.2 Å². The van der Waals surface area contributed by atoms with Crippen molar-refractivity contribution in [2.24, 2.45) is 0 Å². The molecular weight excluding hydrogens is 302 g/mol. The van der Waals surface area contributed by atoms with Gasteiger partial charge in [-0.2, -0.15) is 0 Å². The van der Waals surface area contributed by atoms with Gasteiger partial charge < -0.3 is 23.9 Å². The monoisotopic (exact) mass is 319 g/mol. The first-order chi connectivity index (χ1) is 11.0. The van der Waals surface area contributed by atoms with Crippen molar-refractivity contribution in [2.75, 3.05) is 26.9 Å². The molecule has 1 N–H and O–H groups in total. The van der Waals surface area contributed by atoms with E-state index in [4.69, 9.17) is 13.9 Å². The summed E-state index contributed by atoms with van der Waals surface area (Å²) in [6.45, 7) is 2.26. The second-order valence-corrected chi connectivity index (χ2v) is 5.32. The molecule has 7 nitrogen and oxygen atoms in total. The van der Waals surface area contributed by atoms with Crippen LogP contribution in [0, 0.1) is 6.92 Å². The summed E-state index contributed by atoms with van der Waals surface area (Å²) < 4.78 is 16.1. The van der Waals surface area contributed by atoms with Crippen molar-refractivity contribution in [1.29, 1.82) is 0 Å². The quantitative estimate of drug-likeness (QED) is 0.926. The lowest BCUT2D eigenvalue weighted by molar-refractivity contribution is -0.147. The van der Waals surface area contributed by atoms with Crippen molar-refractivity contribution in [3.8, 4) is 5.75 Å². The summed E-state index contributed by atoms with van der Waals surface area (Å²) in [7, 11) is 1.52. The lowest BCUT2D eigenvalue weighted by Crippen LogP contribution is -2.52. The summed E-state index contributed by atoms with van der Waals surface area (Å²) in [5.74, 6) is -0.875. The van der Waals surface area contributed by atoms with Crippen LogP contribution in [0.3, 0.4) is 0 Å². The maximum Gasteiger partial charge on any atom is 0.328 e. The first-order valence-corrected chi connectivity index (χ1v) is 7.22. The van der Waals surface area contributed by atoms with Crippen molar-refractivity contribution < 1.29 is 28.6 Å². The molecule has 1 fully saturated rings. The molecule has 0 bridgehead atoms. The number of aliphatic carboxylic acids is 1. The normalized spacial score (nSPS) is 18.2. The molecule has 0 aliphatic carbocycles. The smallest absolute Gasteiger partial charge is 0.328 e. The summed E-state index contributed by atoms with van der Waals surface area (Å²) in [5, 5.41) is 10.0. The Labute approximate surface area is 132 Å². The molecular formula is C16H17NO6. The Morgan fingerprint density at radius 1 is 1.39 bits per heavy atom. The van der Waals surface area contributed by atoms with Crippen LogP contribution in [0.4, 0.5) is 0 Å². The van der Waals surface area contributed by atoms with E-state index in [1.165, 1.54) is 12.0 Å². The average molecular weight is 319 g/mol. The van der Waals surface area contributed by atoms with E-state index in [9.17, 15) is 14.7 Å². The molecule has 2 heterocycles. The molecule has 0 radical (unpaired) electrons. The fraction of sp³-hybridized carbons (Fsp3) is 0.375. The number of rotatable bonds is 3.